The van der Waals surface area contributed by atoms with Gasteiger partial charge in [-0.25, -0.2) is 4.79 Å². The molecule has 132 valence electrons. The lowest BCUT2D eigenvalue weighted by molar-refractivity contribution is -0.151. The van der Waals surface area contributed by atoms with Gasteiger partial charge in [0.1, 0.15) is 0 Å². The molecular formula is C18H25NO5. The maximum absolute atomic E-state index is 12.6. The van der Waals surface area contributed by atoms with Crippen LogP contribution in [-0.4, -0.2) is 35.4 Å². The lowest BCUT2D eigenvalue weighted by Gasteiger charge is -2.15. The molecule has 2 rings (SSSR count). The summed E-state index contributed by atoms with van der Waals surface area (Å²) >= 11 is 0. The maximum atomic E-state index is 12.6. The maximum Gasteiger partial charge on any atom is 0.340 e. The second-order valence-electron chi connectivity index (χ2n) is 6.27. The number of aromatic amines is 1. The predicted octanol–water partition coefficient (Wildman–Crippen LogP) is 3.11. The number of hydrogen-bond donors (Lipinski definition) is 1. The number of ether oxygens (including phenoxy) is 2. The standard InChI is InChI=1S/C18H25NO5/c1-5-23-18(22)14-10(2)15(19-11(14)3)16(20)12(4)24-17(21)13-8-6-7-9-13/h12-13,19H,5-9H2,1-4H3/t12-/m0/s1. The summed E-state index contributed by atoms with van der Waals surface area (Å²) in [6, 6.07) is 0. The molecule has 1 saturated carbocycles. The van der Waals surface area contributed by atoms with Crippen LogP contribution in [0.2, 0.25) is 0 Å². The SMILES string of the molecule is CCOC(=O)c1c(C)[nH]c(C(=O)[C@H](C)OC(=O)C2CCCC2)c1C. The van der Waals surface area contributed by atoms with Gasteiger partial charge in [-0.3, -0.25) is 9.59 Å². The average molecular weight is 335 g/mol. The highest BCUT2D eigenvalue weighted by molar-refractivity contribution is 6.04. The first-order valence-corrected chi connectivity index (χ1v) is 8.47. The number of rotatable bonds is 6. The van der Waals surface area contributed by atoms with Gasteiger partial charge >= 0.3 is 11.9 Å². The van der Waals surface area contributed by atoms with E-state index >= 15 is 0 Å². The van der Waals surface area contributed by atoms with Crippen LogP contribution in [0.25, 0.3) is 0 Å². The van der Waals surface area contributed by atoms with Crippen LogP contribution in [0.5, 0.6) is 0 Å². The molecular weight excluding hydrogens is 310 g/mol. The van der Waals surface area contributed by atoms with Gasteiger partial charge in [-0.15, -0.1) is 0 Å². The van der Waals surface area contributed by atoms with Crippen LogP contribution in [0.3, 0.4) is 0 Å². The summed E-state index contributed by atoms with van der Waals surface area (Å²) in [7, 11) is 0. The molecule has 0 bridgehead atoms. The van der Waals surface area contributed by atoms with Gasteiger partial charge in [-0.1, -0.05) is 12.8 Å². The Labute approximate surface area is 141 Å². The van der Waals surface area contributed by atoms with Crippen molar-refractivity contribution < 1.29 is 23.9 Å². The number of aromatic nitrogens is 1. The fraction of sp³-hybridized carbons (Fsp3) is 0.611. The summed E-state index contributed by atoms with van der Waals surface area (Å²) in [6.45, 7) is 6.96. The Kier molecular flexibility index (Phi) is 5.80. The van der Waals surface area contributed by atoms with Crippen molar-refractivity contribution in [1.29, 1.82) is 0 Å². The zero-order valence-corrected chi connectivity index (χ0v) is 14.7. The lowest BCUT2D eigenvalue weighted by atomic mass is 10.1. The van der Waals surface area contributed by atoms with Gasteiger partial charge in [0.15, 0.2) is 6.10 Å². The largest absolute Gasteiger partial charge is 0.462 e. The Balaban J connectivity index is 2.12. The fourth-order valence-electron chi connectivity index (χ4n) is 3.19. The number of hydrogen-bond acceptors (Lipinski definition) is 5. The highest BCUT2D eigenvalue weighted by Crippen LogP contribution is 2.27. The molecule has 1 aliphatic carbocycles. The van der Waals surface area contributed by atoms with E-state index in [4.69, 9.17) is 9.47 Å². The van der Waals surface area contributed by atoms with Crippen LogP contribution in [0, 0.1) is 19.8 Å². The van der Waals surface area contributed by atoms with E-state index in [2.05, 4.69) is 4.98 Å². The zero-order chi connectivity index (χ0) is 17.9. The Morgan fingerprint density at radius 1 is 1.21 bits per heavy atom. The number of nitrogens with one attached hydrogen (secondary N) is 1. The van der Waals surface area contributed by atoms with Gasteiger partial charge in [-0.05, 0) is 46.1 Å². The Morgan fingerprint density at radius 2 is 1.83 bits per heavy atom. The van der Waals surface area contributed by atoms with E-state index in [-0.39, 0.29) is 24.3 Å². The minimum atomic E-state index is -0.884. The van der Waals surface area contributed by atoms with E-state index < -0.39 is 12.1 Å². The lowest BCUT2D eigenvalue weighted by Crippen LogP contribution is -2.28. The van der Waals surface area contributed by atoms with Gasteiger partial charge in [0.25, 0.3) is 0 Å². The molecule has 0 aliphatic heterocycles. The van der Waals surface area contributed by atoms with Crippen molar-refractivity contribution in [3.63, 3.8) is 0 Å². The van der Waals surface area contributed by atoms with E-state index in [0.717, 1.165) is 25.7 Å². The molecule has 24 heavy (non-hydrogen) atoms. The fourth-order valence-corrected chi connectivity index (χ4v) is 3.19. The van der Waals surface area contributed by atoms with Crippen LogP contribution < -0.4 is 0 Å². The van der Waals surface area contributed by atoms with Gasteiger partial charge < -0.3 is 14.5 Å². The second-order valence-corrected chi connectivity index (χ2v) is 6.27. The van der Waals surface area contributed by atoms with Crippen LogP contribution >= 0.6 is 0 Å². The molecule has 6 heteroatoms. The van der Waals surface area contributed by atoms with Crippen LogP contribution in [0.4, 0.5) is 0 Å². The van der Waals surface area contributed by atoms with Crippen LogP contribution in [-0.2, 0) is 14.3 Å². The van der Waals surface area contributed by atoms with Crippen molar-refractivity contribution in [1.82, 2.24) is 4.98 Å². The smallest absolute Gasteiger partial charge is 0.340 e. The van der Waals surface area contributed by atoms with Gasteiger partial charge in [0, 0.05) is 5.69 Å². The predicted molar refractivity (Wildman–Crippen MR) is 88.1 cm³/mol. The second kappa shape index (κ2) is 7.64. The van der Waals surface area contributed by atoms with Crippen molar-refractivity contribution >= 4 is 17.7 Å². The molecule has 0 saturated heterocycles. The number of carbonyl (C=O) groups excluding carboxylic acids is 3. The highest BCUT2D eigenvalue weighted by atomic mass is 16.5. The van der Waals surface area contributed by atoms with Crippen molar-refractivity contribution in [2.75, 3.05) is 6.61 Å². The molecule has 1 aromatic heterocycles. The molecule has 0 unspecified atom stereocenters. The Morgan fingerprint density at radius 3 is 2.42 bits per heavy atom. The molecule has 1 fully saturated rings. The minimum absolute atomic E-state index is 0.0955. The summed E-state index contributed by atoms with van der Waals surface area (Å²) in [5.41, 5.74) is 1.76. The van der Waals surface area contributed by atoms with Crippen LogP contribution in [0.1, 0.15) is 71.6 Å². The molecule has 0 radical (unpaired) electrons. The molecule has 0 spiro atoms. The molecule has 1 N–H and O–H groups in total. The summed E-state index contributed by atoms with van der Waals surface area (Å²) in [6.07, 6.45) is 2.82. The average Bonchev–Trinajstić information content (AvgIpc) is 3.15. The molecule has 1 atom stereocenters. The summed E-state index contributed by atoms with van der Waals surface area (Å²) in [4.78, 5) is 39.6. The summed E-state index contributed by atoms with van der Waals surface area (Å²) in [5, 5.41) is 0. The van der Waals surface area contributed by atoms with E-state index in [0.29, 0.717) is 22.5 Å². The van der Waals surface area contributed by atoms with Crippen molar-refractivity contribution in [2.45, 2.75) is 59.5 Å². The quantitative estimate of drug-likeness (QED) is 0.638. The molecule has 1 aromatic rings. The van der Waals surface area contributed by atoms with Gasteiger partial charge in [-0.2, -0.15) is 0 Å². The first-order valence-electron chi connectivity index (χ1n) is 8.47. The zero-order valence-electron chi connectivity index (χ0n) is 14.7. The van der Waals surface area contributed by atoms with E-state index in [9.17, 15) is 14.4 Å². The summed E-state index contributed by atoms with van der Waals surface area (Å²) in [5.74, 6) is -1.20. The number of carbonyl (C=O) groups is 3. The molecule has 6 nitrogen and oxygen atoms in total. The number of H-pyrrole nitrogens is 1. The molecule has 1 heterocycles. The Bertz CT molecular complexity index is 640. The van der Waals surface area contributed by atoms with Crippen molar-refractivity contribution in [2.24, 2.45) is 5.92 Å². The molecule has 0 amide bonds. The van der Waals surface area contributed by atoms with Crippen molar-refractivity contribution in [3.8, 4) is 0 Å². The van der Waals surface area contributed by atoms with E-state index in [1.54, 1.807) is 27.7 Å². The first-order chi connectivity index (χ1) is 11.4. The van der Waals surface area contributed by atoms with Crippen molar-refractivity contribution in [3.05, 3.63) is 22.5 Å². The van der Waals surface area contributed by atoms with E-state index in [1.165, 1.54) is 0 Å². The highest BCUT2D eigenvalue weighted by Gasteiger charge is 2.30. The molecule has 0 aromatic carbocycles. The van der Waals surface area contributed by atoms with Gasteiger partial charge in [0.2, 0.25) is 5.78 Å². The number of ketones is 1. The normalized spacial score (nSPS) is 16.0. The summed E-state index contributed by atoms with van der Waals surface area (Å²) < 4.78 is 10.4. The number of esters is 2. The van der Waals surface area contributed by atoms with Crippen LogP contribution in [0.15, 0.2) is 0 Å². The Hall–Kier alpha value is -2.11. The number of aryl methyl sites for hydroxylation is 1. The van der Waals surface area contributed by atoms with E-state index in [1.807, 2.05) is 0 Å². The third-order valence-corrected chi connectivity index (χ3v) is 4.51. The topological polar surface area (TPSA) is 85.5 Å². The first kappa shape index (κ1) is 18.2. The third-order valence-electron chi connectivity index (χ3n) is 4.51. The third kappa shape index (κ3) is 3.68. The minimum Gasteiger partial charge on any atom is -0.462 e. The van der Waals surface area contributed by atoms with Gasteiger partial charge in [0.05, 0.1) is 23.8 Å². The molecule has 1 aliphatic rings. The number of Topliss-reactive ketones (excluding diaryl/α,β-unsaturated/α-hetero) is 1. The monoisotopic (exact) mass is 335 g/mol.